The molecule has 2 aromatic rings. The van der Waals surface area contributed by atoms with Crippen molar-refractivity contribution >= 4 is 29.1 Å². The monoisotopic (exact) mass is 400 g/mol. The second kappa shape index (κ2) is 7.72. The van der Waals surface area contributed by atoms with E-state index in [0.29, 0.717) is 24.6 Å². The number of nitrogens with zero attached hydrogens (tertiary/aromatic N) is 1. The summed E-state index contributed by atoms with van der Waals surface area (Å²) in [5.74, 6) is 0.896. The van der Waals surface area contributed by atoms with Gasteiger partial charge in [-0.3, -0.25) is 9.59 Å². The van der Waals surface area contributed by atoms with Gasteiger partial charge in [0.25, 0.3) is 0 Å². The summed E-state index contributed by atoms with van der Waals surface area (Å²) in [7, 11) is 1.60. The van der Waals surface area contributed by atoms with E-state index in [1.165, 1.54) is 0 Å². The summed E-state index contributed by atoms with van der Waals surface area (Å²) < 4.78 is 10.8. The third kappa shape index (κ3) is 3.64. The van der Waals surface area contributed by atoms with Crippen molar-refractivity contribution in [3.05, 3.63) is 53.1 Å². The van der Waals surface area contributed by atoms with Crippen molar-refractivity contribution in [3.63, 3.8) is 0 Å². The van der Waals surface area contributed by atoms with Crippen LogP contribution < -0.4 is 19.7 Å². The zero-order chi connectivity index (χ0) is 19.7. The Labute approximate surface area is 168 Å². The Hall–Kier alpha value is -2.73. The summed E-state index contributed by atoms with van der Waals surface area (Å²) in [6, 6.07) is 12.5. The van der Waals surface area contributed by atoms with Crippen LogP contribution in [0.15, 0.2) is 42.5 Å². The number of anilines is 1. The van der Waals surface area contributed by atoms with Crippen molar-refractivity contribution in [2.75, 3.05) is 25.2 Å². The number of halogens is 1. The minimum absolute atomic E-state index is 0.0549. The average Bonchev–Trinajstić information content (AvgIpc) is 3.10. The first kappa shape index (κ1) is 18.6. The Balaban J connectivity index is 1.45. The molecule has 0 radical (unpaired) electrons. The molecule has 2 aliphatic rings. The van der Waals surface area contributed by atoms with Gasteiger partial charge < -0.3 is 19.7 Å². The number of hydrogen-bond acceptors (Lipinski definition) is 4. The molecule has 4 rings (SSSR count). The zero-order valence-corrected chi connectivity index (χ0v) is 16.2. The van der Waals surface area contributed by atoms with Gasteiger partial charge in [0.1, 0.15) is 11.5 Å². The molecule has 1 N–H and O–H groups in total. The predicted molar refractivity (Wildman–Crippen MR) is 106 cm³/mol. The van der Waals surface area contributed by atoms with E-state index in [1.54, 1.807) is 30.2 Å². The molecule has 1 saturated heterocycles. The van der Waals surface area contributed by atoms with Gasteiger partial charge in [-0.25, -0.2) is 0 Å². The fraction of sp³-hybridized carbons (Fsp3) is 0.333. The number of carbonyl (C=O) groups is 2. The molecule has 2 aromatic carbocycles. The second-order valence-corrected chi connectivity index (χ2v) is 7.42. The van der Waals surface area contributed by atoms with Crippen LogP contribution in [0.5, 0.6) is 11.5 Å². The molecule has 0 aromatic heterocycles. The Morgan fingerprint density at radius 2 is 2.04 bits per heavy atom. The van der Waals surface area contributed by atoms with E-state index in [-0.39, 0.29) is 30.2 Å². The zero-order valence-electron chi connectivity index (χ0n) is 15.5. The molecule has 2 amide bonds. The lowest BCUT2D eigenvalue weighted by Gasteiger charge is -2.27. The summed E-state index contributed by atoms with van der Waals surface area (Å²) in [6.45, 7) is 0.893. The molecule has 2 atom stereocenters. The molecule has 146 valence electrons. The largest absolute Gasteiger partial charge is 0.497 e. The summed E-state index contributed by atoms with van der Waals surface area (Å²) in [6.07, 6.45) is 0.866. The molecule has 2 unspecified atom stereocenters. The fourth-order valence-electron chi connectivity index (χ4n) is 3.70. The van der Waals surface area contributed by atoms with Crippen molar-refractivity contribution in [1.29, 1.82) is 0 Å². The lowest BCUT2D eigenvalue weighted by molar-refractivity contribution is -0.127. The van der Waals surface area contributed by atoms with Gasteiger partial charge >= 0.3 is 0 Å². The van der Waals surface area contributed by atoms with Crippen LogP contribution in [-0.2, 0) is 9.59 Å². The number of amides is 2. The molecule has 2 aliphatic heterocycles. The number of benzene rings is 2. The number of methoxy groups -OCH3 is 1. The van der Waals surface area contributed by atoms with Crippen LogP contribution in [-0.4, -0.2) is 32.1 Å². The molecule has 0 aliphatic carbocycles. The molecule has 7 heteroatoms. The number of rotatable bonds is 4. The van der Waals surface area contributed by atoms with Crippen molar-refractivity contribution < 1.29 is 19.1 Å². The van der Waals surface area contributed by atoms with Crippen molar-refractivity contribution in [3.8, 4) is 11.5 Å². The fourth-order valence-corrected chi connectivity index (χ4v) is 3.88. The summed E-state index contributed by atoms with van der Waals surface area (Å²) in [5.41, 5.74) is 1.65. The maximum absolute atomic E-state index is 12.8. The molecule has 0 bridgehead atoms. The molecular weight excluding hydrogens is 380 g/mol. The Kier molecular flexibility index (Phi) is 5.13. The number of ether oxygens (including phenoxy) is 2. The first-order valence-corrected chi connectivity index (χ1v) is 9.60. The van der Waals surface area contributed by atoms with E-state index in [1.807, 2.05) is 24.3 Å². The van der Waals surface area contributed by atoms with Crippen LogP contribution in [0.2, 0.25) is 5.02 Å². The maximum atomic E-state index is 12.8. The second-order valence-electron chi connectivity index (χ2n) is 6.98. The lowest BCUT2D eigenvalue weighted by atomic mass is 9.99. The summed E-state index contributed by atoms with van der Waals surface area (Å²) >= 11 is 6.10. The van der Waals surface area contributed by atoms with Crippen LogP contribution in [0.4, 0.5) is 5.69 Å². The van der Waals surface area contributed by atoms with Crippen LogP contribution in [0.25, 0.3) is 0 Å². The van der Waals surface area contributed by atoms with Gasteiger partial charge in [-0.05, 0) is 42.5 Å². The highest BCUT2D eigenvalue weighted by atomic mass is 35.5. The van der Waals surface area contributed by atoms with Crippen LogP contribution in [0, 0.1) is 5.92 Å². The summed E-state index contributed by atoms with van der Waals surface area (Å²) in [5, 5.41) is 3.68. The van der Waals surface area contributed by atoms with E-state index in [0.717, 1.165) is 22.7 Å². The Morgan fingerprint density at radius 1 is 1.25 bits per heavy atom. The van der Waals surface area contributed by atoms with Gasteiger partial charge in [-0.15, -0.1) is 0 Å². The highest BCUT2D eigenvalue weighted by molar-refractivity contribution is 6.30. The quantitative estimate of drug-likeness (QED) is 0.854. The number of hydrogen-bond donors (Lipinski definition) is 1. The third-order valence-electron chi connectivity index (χ3n) is 5.21. The highest BCUT2D eigenvalue weighted by Crippen LogP contribution is 2.35. The topological polar surface area (TPSA) is 67.9 Å². The minimum Gasteiger partial charge on any atom is -0.497 e. The van der Waals surface area contributed by atoms with Gasteiger partial charge in [-0.1, -0.05) is 11.6 Å². The van der Waals surface area contributed by atoms with E-state index in [9.17, 15) is 9.59 Å². The Bertz CT molecular complexity index is 900. The molecule has 1 fully saturated rings. The SMILES string of the molecule is COc1ccc(N2CC(C(=O)NC3CCOc4ccc(Cl)cc43)CC2=O)cc1. The molecule has 28 heavy (non-hydrogen) atoms. The van der Waals surface area contributed by atoms with Crippen molar-refractivity contribution in [2.45, 2.75) is 18.9 Å². The average molecular weight is 401 g/mol. The number of carbonyl (C=O) groups excluding carboxylic acids is 2. The van der Waals surface area contributed by atoms with E-state index in [4.69, 9.17) is 21.1 Å². The van der Waals surface area contributed by atoms with E-state index < -0.39 is 0 Å². The Morgan fingerprint density at radius 3 is 2.79 bits per heavy atom. The van der Waals surface area contributed by atoms with Gasteiger partial charge in [-0.2, -0.15) is 0 Å². The van der Waals surface area contributed by atoms with Gasteiger partial charge in [0, 0.05) is 35.7 Å². The highest BCUT2D eigenvalue weighted by Gasteiger charge is 2.36. The smallest absolute Gasteiger partial charge is 0.227 e. The molecule has 6 nitrogen and oxygen atoms in total. The van der Waals surface area contributed by atoms with Crippen molar-refractivity contribution in [2.24, 2.45) is 5.92 Å². The van der Waals surface area contributed by atoms with Crippen LogP contribution >= 0.6 is 11.6 Å². The van der Waals surface area contributed by atoms with Crippen molar-refractivity contribution in [1.82, 2.24) is 5.32 Å². The molecule has 0 saturated carbocycles. The predicted octanol–water partition coefficient (Wildman–Crippen LogP) is 3.34. The van der Waals surface area contributed by atoms with Crippen LogP contribution in [0.1, 0.15) is 24.4 Å². The lowest BCUT2D eigenvalue weighted by Crippen LogP contribution is -2.37. The maximum Gasteiger partial charge on any atom is 0.227 e. The third-order valence-corrected chi connectivity index (χ3v) is 5.44. The standard InChI is InChI=1S/C21H21ClN2O4/c1-27-16-5-3-15(4-6-16)24-12-13(10-20(24)25)21(26)23-18-8-9-28-19-7-2-14(22)11-17(18)19/h2-7,11,13,18H,8-10,12H2,1H3,(H,23,26). The van der Waals surface area contributed by atoms with E-state index >= 15 is 0 Å². The van der Waals surface area contributed by atoms with Crippen LogP contribution in [0.3, 0.4) is 0 Å². The van der Waals surface area contributed by atoms with E-state index in [2.05, 4.69) is 5.32 Å². The van der Waals surface area contributed by atoms with Gasteiger partial charge in [0.2, 0.25) is 11.8 Å². The normalized spacial score (nSPS) is 21.1. The number of nitrogens with one attached hydrogen (secondary N) is 1. The molecule has 2 heterocycles. The summed E-state index contributed by atoms with van der Waals surface area (Å²) in [4.78, 5) is 27.0. The molecular formula is C21H21ClN2O4. The minimum atomic E-state index is -0.389. The van der Waals surface area contributed by atoms with Gasteiger partial charge in [0.05, 0.1) is 25.7 Å². The first-order chi connectivity index (χ1) is 13.5. The number of fused-ring (bicyclic) bond motifs is 1. The first-order valence-electron chi connectivity index (χ1n) is 9.22. The van der Waals surface area contributed by atoms with Gasteiger partial charge in [0.15, 0.2) is 0 Å². The molecule has 0 spiro atoms.